The highest BCUT2D eigenvalue weighted by molar-refractivity contribution is 5.89. The Morgan fingerprint density at radius 1 is 1.21 bits per heavy atom. The zero-order valence-corrected chi connectivity index (χ0v) is 17.1. The Labute approximate surface area is 165 Å². The summed E-state index contributed by atoms with van der Waals surface area (Å²) >= 11 is 0. The van der Waals surface area contributed by atoms with E-state index in [9.17, 15) is 14.4 Å². The smallest absolute Gasteiger partial charge is 0.242 e. The highest BCUT2D eigenvalue weighted by atomic mass is 16.2. The molecule has 1 aromatic carbocycles. The highest BCUT2D eigenvalue weighted by Gasteiger charge is 2.54. The summed E-state index contributed by atoms with van der Waals surface area (Å²) in [5, 5.41) is 2.89. The number of hydrazine groups is 1. The fourth-order valence-electron chi connectivity index (χ4n) is 4.10. The molecule has 1 aromatic rings. The van der Waals surface area contributed by atoms with E-state index in [0.29, 0.717) is 6.54 Å². The van der Waals surface area contributed by atoms with E-state index in [2.05, 4.69) is 0 Å². The number of hydrogen-bond donors (Lipinski definition) is 1. The van der Waals surface area contributed by atoms with Gasteiger partial charge in [-0.3, -0.25) is 25.0 Å². The molecule has 0 radical (unpaired) electrons. The third-order valence-corrected chi connectivity index (χ3v) is 5.29. The molecule has 0 aromatic heterocycles. The molecule has 2 N–H and O–H groups in total. The van der Waals surface area contributed by atoms with Gasteiger partial charge in [0.2, 0.25) is 23.5 Å². The van der Waals surface area contributed by atoms with Crippen LogP contribution >= 0.6 is 0 Å². The Morgan fingerprint density at radius 3 is 2.50 bits per heavy atom. The summed E-state index contributed by atoms with van der Waals surface area (Å²) in [5.74, 6) is -2.12. The van der Waals surface area contributed by atoms with E-state index in [-0.39, 0.29) is 37.4 Å². The predicted molar refractivity (Wildman–Crippen MR) is 105 cm³/mol. The van der Waals surface area contributed by atoms with Gasteiger partial charge < -0.3 is 9.80 Å². The number of nitrogens with zero attached hydrogens (tertiary/aromatic N) is 5. The molecule has 0 spiro atoms. The largest absolute Gasteiger partial charge is 0.377 e. The molecular formula is C19H28N6O3. The van der Waals surface area contributed by atoms with Gasteiger partial charge in [0.05, 0.1) is 13.1 Å². The predicted octanol–water partition coefficient (Wildman–Crippen LogP) is -0.447. The van der Waals surface area contributed by atoms with Crippen LogP contribution in [0.4, 0.5) is 5.69 Å². The van der Waals surface area contributed by atoms with Gasteiger partial charge >= 0.3 is 0 Å². The lowest BCUT2D eigenvalue weighted by Gasteiger charge is -2.57. The van der Waals surface area contributed by atoms with Crippen molar-refractivity contribution >= 4 is 23.4 Å². The van der Waals surface area contributed by atoms with Gasteiger partial charge in [0.25, 0.3) is 0 Å². The number of fused-ring (bicyclic) bond motifs is 1. The zero-order valence-electron chi connectivity index (χ0n) is 17.1. The number of amides is 3. The maximum Gasteiger partial charge on any atom is 0.242 e. The quantitative estimate of drug-likeness (QED) is 0.754. The topological polar surface area (TPSA) is 93.4 Å². The standard InChI is InChI=1S/C19H28N6O3/c1-13-6-7-16(21(3)4)15(8-13)9-23-12-19(20)24(11-17(23)27)18(28)10-22(5)25(19)14(2)26/h6-8H,9-12,20H2,1-5H3. The van der Waals surface area contributed by atoms with Crippen molar-refractivity contribution in [2.24, 2.45) is 5.73 Å². The molecule has 2 saturated heterocycles. The van der Waals surface area contributed by atoms with Gasteiger partial charge in [-0.15, -0.1) is 0 Å². The van der Waals surface area contributed by atoms with Gasteiger partial charge in [-0.05, 0) is 18.6 Å². The summed E-state index contributed by atoms with van der Waals surface area (Å²) in [5.41, 5.74) is 9.67. The van der Waals surface area contributed by atoms with Crippen LogP contribution in [0.3, 0.4) is 0 Å². The average Bonchev–Trinajstić information content (AvgIpc) is 2.56. The normalized spacial score (nSPS) is 23.1. The molecule has 2 aliphatic rings. The van der Waals surface area contributed by atoms with Crippen molar-refractivity contribution in [3.05, 3.63) is 29.3 Å². The van der Waals surface area contributed by atoms with Crippen molar-refractivity contribution in [1.82, 2.24) is 19.8 Å². The van der Waals surface area contributed by atoms with Crippen molar-refractivity contribution < 1.29 is 14.4 Å². The summed E-state index contributed by atoms with van der Waals surface area (Å²) in [4.78, 5) is 42.5. The first kappa shape index (κ1) is 20.1. The van der Waals surface area contributed by atoms with Crippen LogP contribution in [0.5, 0.6) is 0 Å². The van der Waals surface area contributed by atoms with E-state index in [4.69, 9.17) is 5.73 Å². The van der Waals surface area contributed by atoms with Crippen LogP contribution in [-0.4, -0.2) is 84.1 Å². The number of carbonyl (C=O) groups is 3. The van der Waals surface area contributed by atoms with Crippen molar-refractivity contribution in [2.75, 3.05) is 45.7 Å². The lowest BCUT2D eigenvalue weighted by Crippen LogP contribution is -2.83. The third-order valence-electron chi connectivity index (χ3n) is 5.29. The minimum atomic E-state index is -1.40. The molecule has 28 heavy (non-hydrogen) atoms. The second kappa shape index (κ2) is 7.06. The SMILES string of the molecule is CC(=O)N1N(C)CC(=O)N2CC(=O)N(Cc3cc(C)ccc3N(C)C)CC21N. The van der Waals surface area contributed by atoms with E-state index in [1.165, 1.54) is 21.8 Å². The Morgan fingerprint density at radius 2 is 1.89 bits per heavy atom. The fourth-order valence-corrected chi connectivity index (χ4v) is 4.10. The van der Waals surface area contributed by atoms with E-state index in [0.717, 1.165) is 16.8 Å². The van der Waals surface area contributed by atoms with Gasteiger partial charge in [0.1, 0.15) is 6.54 Å². The van der Waals surface area contributed by atoms with Crippen molar-refractivity contribution in [3.8, 4) is 0 Å². The lowest BCUT2D eigenvalue weighted by molar-refractivity contribution is -0.222. The number of benzene rings is 1. The van der Waals surface area contributed by atoms with Crippen molar-refractivity contribution in [2.45, 2.75) is 26.2 Å². The van der Waals surface area contributed by atoms with Crippen molar-refractivity contribution in [1.29, 1.82) is 0 Å². The minimum Gasteiger partial charge on any atom is -0.377 e. The van der Waals surface area contributed by atoms with Crippen LogP contribution in [0.25, 0.3) is 0 Å². The maximum absolute atomic E-state index is 12.8. The molecule has 1 atom stereocenters. The van der Waals surface area contributed by atoms with E-state index >= 15 is 0 Å². The van der Waals surface area contributed by atoms with Gasteiger partial charge in [-0.2, -0.15) is 0 Å². The average molecular weight is 388 g/mol. The van der Waals surface area contributed by atoms with E-state index in [1.807, 2.05) is 44.1 Å². The summed E-state index contributed by atoms with van der Waals surface area (Å²) in [7, 11) is 5.55. The molecule has 152 valence electrons. The first-order valence-electron chi connectivity index (χ1n) is 9.20. The third kappa shape index (κ3) is 3.31. The summed E-state index contributed by atoms with van der Waals surface area (Å²) in [6.07, 6.45) is 0. The summed E-state index contributed by atoms with van der Waals surface area (Å²) < 4.78 is 0. The Kier molecular flexibility index (Phi) is 5.07. The second-order valence-corrected chi connectivity index (χ2v) is 7.78. The number of hydrogen-bond acceptors (Lipinski definition) is 6. The maximum atomic E-state index is 12.8. The summed E-state index contributed by atoms with van der Waals surface area (Å²) in [6, 6.07) is 6.08. The van der Waals surface area contributed by atoms with Gasteiger partial charge in [0, 0.05) is 40.3 Å². The number of nitrogens with two attached hydrogens (primary N) is 1. The number of rotatable bonds is 3. The molecule has 0 saturated carbocycles. The Balaban J connectivity index is 1.95. The number of aryl methyl sites for hydroxylation is 1. The molecule has 9 heteroatoms. The first-order valence-corrected chi connectivity index (χ1v) is 9.20. The zero-order chi connectivity index (χ0) is 20.8. The molecule has 9 nitrogen and oxygen atoms in total. The summed E-state index contributed by atoms with van der Waals surface area (Å²) in [6.45, 7) is 3.67. The molecule has 3 rings (SSSR count). The number of carbonyl (C=O) groups excluding carboxylic acids is 3. The van der Waals surface area contributed by atoms with Crippen LogP contribution in [0.15, 0.2) is 18.2 Å². The number of anilines is 1. The van der Waals surface area contributed by atoms with E-state index < -0.39 is 5.79 Å². The van der Waals surface area contributed by atoms with Crippen LogP contribution in [0.1, 0.15) is 18.1 Å². The molecule has 2 aliphatic heterocycles. The molecule has 3 amide bonds. The molecule has 0 bridgehead atoms. The van der Waals surface area contributed by atoms with Gasteiger partial charge in [0.15, 0.2) is 0 Å². The monoisotopic (exact) mass is 388 g/mol. The van der Waals surface area contributed by atoms with Gasteiger partial charge in [-0.25, -0.2) is 10.0 Å². The first-order chi connectivity index (χ1) is 13.0. The minimum absolute atomic E-state index is 0.00840. The fraction of sp³-hybridized carbons (Fsp3) is 0.526. The van der Waals surface area contributed by atoms with E-state index in [1.54, 1.807) is 11.9 Å². The molecule has 0 aliphatic carbocycles. The van der Waals surface area contributed by atoms with Crippen LogP contribution in [0.2, 0.25) is 0 Å². The molecule has 2 heterocycles. The van der Waals surface area contributed by atoms with Gasteiger partial charge in [-0.1, -0.05) is 17.7 Å². The highest BCUT2D eigenvalue weighted by Crippen LogP contribution is 2.30. The van der Waals surface area contributed by atoms with Crippen LogP contribution in [0, 0.1) is 6.92 Å². The number of likely N-dealkylation sites (N-methyl/N-ethyl adjacent to an activating group) is 1. The second-order valence-electron chi connectivity index (χ2n) is 7.78. The van der Waals surface area contributed by atoms with Crippen LogP contribution in [-0.2, 0) is 20.9 Å². The van der Waals surface area contributed by atoms with Crippen LogP contribution < -0.4 is 10.6 Å². The van der Waals surface area contributed by atoms with Crippen molar-refractivity contribution in [3.63, 3.8) is 0 Å². The lowest BCUT2D eigenvalue weighted by atomic mass is 10.1. The molecular weight excluding hydrogens is 360 g/mol. The Hall–Kier alpha value is -2.65. The number of piperazine rings is 1. The Bertz CT molecular complexity index is 826. The molecule has 1 unspecified atom stereocenters. The molecule has 2 fully saturated rings.